The molecule has 0 amide bonds. The molecule has 3 nitrogen and oxygen atoms in total. The van der Waals surface area contributed by atoms with E-state index in [1.165, 1.54) is 25.7 Å². The maximum atomic E-state index is 5.91. The van der Waals surface area contributed by atoms with Crippen molar-refractivity contribution in [3.63, 3.8) is 0 Å². The second-order valence-electron chi connectivity index (χ2n) is 4.58. The van der Waals surface area contributed by atoms with Gasteiger partial charge in [-0.15, -0.1) is 0 Å². The van der Waals surface area contributed by atoms with Crippen molar-refractivity contribution < 1.29 is 9.15 Å². The van der Waals surface area contributed by atoms with Crippen LogP contribution < -0.4 is 5.73 Å². The van der Waals surface area contributed by atoms with Crippen molar-refractivity contribution in [2.45, 2.75) is 58.1 Å². The van der Waals surface area contributed by atoms with Gasteiger partial charge in [0.15, 0.2) is 0 Å². The monoisotopic (exact) mass is 239 g/mol. The van der Waals surface area contributed by atoms with Gasteiger partial charge in [0.05, 0.1) is 6.26 Å². The van der Waals surface area contributed by atoms with Crippen molar-refractivity contribution in [2.24, 2.45) is 5.73 Å². The van der Waals surface area contributed by atoms with Gasteiger partial charge in [-0.05, 0) is 25.5 Å². The highest BCUT2D eigenvalue weighted by atomic mass is 16.5. The van der Waals surface area contributed by atoms with Crippen molar-refractivity contribution in [3.05, 3.63) is 24.2 Å². The minimum atomic E-state index is -0.115. The summed E-state index contributed by atoms with van der Waals surface area (Å²) in [5.74, 6) is 0.827. The van der Waals surface area contributed by atoms with Gasteiger partial charge in [-0.25, -0.2) is 0 Å². The maximum Gasteiger partial charge on any atom is 0.134 e. The number of rotatable bonds is 9. The molecule has 0 aliphatic rings. The molecule has 0 fully saturated rings. The molecule has 0 radical (unpaired) electrons. The minimum Gasteiger partial charge on any atom is -0.467 e. The third-order valence-corrected chi connectivity index (χ3v) is 2.85. The Hall–Kier alpha value is -0.800. The molecule has 1 heterocycles. The van der Waals surface area contributed by atoms with Crippen LogP contribution in [0, 0.1) is 0 Å². The fourth-order valence-corrected chi connectivity index (χ4v) is 1.86. The molecule has 2 unspecified atom stereocenters. The highest BCUT2D eigenvalue weighted by molar-refractivity contribution is 5.04. The molecule has 1 aromatic heterocycles. The molecule has 2 N–H and O–H groups in total. The molecule has 0 saturated heterocycles. The molecule has 1 rings (SSSR count). The van der Waals surface area contributed by atoms with Crippen molar-refractivity contribution in [2.75, 3.05) is 6.61 Å². The van der Waals surface area contributed by atoms with Crippen molar-refractivity contribution in [3.8, 4) is 0 Å². The molecular formula is C14H25NO2. The lowest BCUT2D eigenvalue weighted by Crippen LogP contribution is -2.27. The lowest BCUT2D eigenvalue weighted by atomic mass is 10.1. The Morgan fingerprint density at radius 1 is 1.29 bits per heavy atom. The lowest BCUT2D eigenvalue weighted by molar-refractivity contribution is 0.0216. The van der Waals surface area contributed by atoms with Crippen LogP contribution in [-0.2, 0) is 4.74 Å². The summed E-state index contributed by atoms with van der Waals surface area (Å²) in [7, 11) is 0. The summed E-state index contributed by atoms with van der Waals surface area (Å²) < 4.78 is 11.2. The summed E-state index contributed by atoms with van der Waals surface area (Å²) in [6.07, 6.45) is 7.77. The third kappa shape index (κ3) is 5.37. The number of ether oxygens (including phenoxy) is 1. The Bertz CT molecular complexity index is 270. The molecule has 2 atom stereocenters. The Morgan fingerprint density at radius 3 is 2.65 bits per heavy atom. The summed E-state index contributed by atoms with van der Waals surface area (Å²) in [6, 6.07) is 3.75. The van der Waals surface area contributed by atoms with E-state index in [-0.39, 0.29) is 12.1 Å². The minimum absolute atomic E-state index is 0.0446. The second-order valence-corrected chi connectivity index (χ2v) is 4.58. The molecular weight excluding hydrogens is 214 g/mol. The Labute approximate surface area is 104 Å². The van der Waals surface area contributed by atoms with Gasteiger partial charge in [0.2, 0.25) is 0 Å². The first-order valence-electron chi connectivity index (χ1n) is 6.66. The lowest BCUT2D eigenvalue weighted by Gasteiger charge is -2.19. The van der Waals surface area contributed by atoms with Gasteiger partial charge in [-0.1, -0.05) is 32.6 Å². The van der Waals surface area contributed by atoms with E-state index >= 15 is 0 Å². The number of unbranched alkanes of at least 4 members (excludes halogenated alkanes) is 4. The van der Waals surface area contributed by atoms with E-state index < -0.39 is 0 Å². The zero-order valence-electron chi connectivity index (χ0n) is 11.0. The Morgan fingerprint density at radius 2 is 2.06 bits per heavy atom. The number of hydrogen-bond acceptors (Lipinski definition) is 3. The number of furan rings is 1. The highest BCUT2D eigenvalue weighted by Crippen LogP contribution is 2.21. The molecule has 1 aromatic rings. The van der Waals surface area contributed by atoms with Crippen LogP contribution in [0.1, 0.15) is 57.8 Å². The second kappa shape index (κ2) is 8.31. The normalized spacial score (nSPS) is 14.8. The van der Waals surface area contributed by atoms with Crippen LogP contribution in [0.3, 0.4) is 0 Å². The standard InChI is InChI=1S/C14H25NO2/c1-3-4-5-6-7-10-17-14(12(2)15)13-9-8-11-16-13/h8-9,11-12,14H,3-7,10,15H2,1-2H3. The molecule has 0 bridgehead atoms. The first-order chi connectivity index (χ1) is 8.25. The van der Waals surface area contributed by atoms with Crippen LogP contribution in [0.4, 0.5) is 0 Å². The molecule has 0 aromatic carbocycles. The fraction of sp³-hybridized carbons (Fsp3) is 0.714. The molecule has 0 saturated carbocycles. The highest BCUT2D eigenvalue weighted by Gasteiger charge is 2.19. The van der Waals surface area contributed by atoms with Crippen molar-refractivity contribution in [1.82, 2.24) is 0 Å². The molecule has 0 aliphatic carbocycles. The van der Waals surface area contributed by atoms with Gasteiger partial charge in [-0.3, -0.25) is 0 Å². The van der Waals surface area contributed by atoms with E-state index in [2.05, 4.69) is 6.92 Å². The molecule has 98 valence electrons. The SMILES string of the molecule is CCCCCCCOC(c1ccco1)C(C)N. The van der Waals surface area contributed by atoms with Crippen LogP contribution in [0.2, 0.25) is 0 Å². The molecule has 0 aliphatic heterocycles. The van der Waals surface area contributed by atoms with Crippen LogP contribution in [-0.4, -0.2) is 12.6 Å². The fourth-order valence-electron chi connectivity index (χ4n) is 1.86. The van der Waals surface area contributed by atoms with Gasteiger partial charge >= 0.3 is 0 Å². The van der Waals surface area contributed by atoms with Crippen molar-refractivity contribution >= 4 is 0 Å². The zero-order valence-corrected chi connectivity index (χ0v) is 11.0. The van der Waals surface area contributed by atoms with Gasteiger partial charge in [-0.2, -0.15) is 0 Å². The summed E-state index contributed by atoms with van der Waals surface area (Å²) in [5, 5.41) is 0. The number of nitrogens with two attached hydrogens (primary N) is 1. The van der Waals surface area contributed by atoms with Gasteiger partial charge in [0, 0.05) is 12.6 Å². The van der Waals surface area contributed by atoms with Crippen LogP contribution in [0.25, 0.3) is 0 Å². The van der Waals surface area contributed by atoms with E-state index in [1.54, 1.807) is 6.26 Å². The summed E-state index contributed by atoms with van der Waals surface area (Å²) in [4.78, 5) is 0. The largest absolute Gasteiger partial charge is 0.467 e. The van der Waals surface area contributed by atoms with Gasteiger partial charge in [0.25, 0.3) is 0 Å². The predicted octanol–water partition coefficient (Wildman–Crippen LogP) is 3.65. The summed E-state index contributed by atoms with van der Waals surface area (Å²) >= 11 is 0. The van der Waals surface area contributed by atoms with E-state index in [0.29, 0.717) is 0 Å². The first kappa shape index (κ1) is 14.3. The Kier molecular flexibility index (Phi) is 6.97. The average Bonchev–Trinajstić information content (AvgIpc) is 2.81. The Balaban J connectivity index is 2.22. The van der Waals surface area contributed by atoms with Crippen molar-refractivity contribution in [1.29, 1.82) is 0 Å². The topological polar surface area (TPSA) is 48.4 Å². The van der Waals surface area contributed by atoms with Gasteiger partial charge in [0.1, 0.15) is 11.9 Å². The van der Waals surface area contributed by atoms with E-state index in [0.717, 1.165) is 18.8 Å². The quantitative estimate of drug-likeness (QED) is 0.669. The summed E-state index contributed by atoms with van der Waals surface area (Å²) in [5.41, 5.74) is 5.91. The van der Waals surface area contributed by atoms with E-state index in [4.69, 9.17) is 14.9 Å². The maximum absolute atomic E-state index is 5.91. The summed E-state index contributed by atoms with van der Waals surface area (Å²) in [6.45, 7) is 4.93. The predicted molar refractivity (Wildman–Crippen MR) is 69.8 cm³/mol. The molecule has 17 heavy (non-hydrogen) atoms. The van der Waals surface area contributed by atoms with Crippen LogP contribution in [0.15, 0.2) is 22.8 Å². The first-order valence-corrected chi connectivity index (χ1v) is 6.66. The molecule has 0 spiro atoms. The smallest absolute Gasteiger partial charge is 0.134 e. The molecule has 3 heteroatoms. The van der Waals surface area contributed by atoms with E-state index in [9.17, 15) is 0 Å². The van der Waals surface area contributed by atoms with Crippen LogP contribution >= 0.6 is 0 Å². The zero-order chi connectivity index (χ0) is 12.5. The average molecular weight is 239 g/mol. The number of hydrogen-bond donors (Lipinski definition) is 1. The van der Waals surface area contributed by atoms with E-state index in [1.807, 2.05) is 19.1 Å². The van der Waals surface area contributed by atoms with Crippen LogP contribution in [0.5, 0.6) is 0 Å². The van der Waals surface area contributed by atoms with Gasteiger partial charge < -0.3 is 14.9 Å². The third-order valence-electron chi connectivity index (χ3n) is 2.85.